The van der Waals surface area contributed by atoms with Crippen LogP contribution >= 0.6 is 11.6 Å². The van der Waals surface area contributed by atoms with E-state index in [1.807, 2.05) is 5.92 Å². The molecule has 1 atom stereocenters. The van der Waals surface area contributed by atoms with Gasteiger partial charge in [0.2, 0.25) is 10.0 Å². The molecule has 2 aromatic carbocycles. The van der Waals surface area contributed by atoms with Crippen LogP contribution in [-0.2, 0) is 14.8 Å². The van der Waals surface area contributed by atoms with Gasteiger partial charge in [-0.05, 0) is 30.3 Å². The van der Waals surface area contributed by atoms with Gasteiger partial charge in [0.15, 0.2) is 0 Å². The van der Waals surface area contributed by atoms with Crippen molar-refractivity contribution in [2.24, 2.45) is 5.14 Å². The summed E-state index contributed by atoms with van der Waals surface area (Å²) >= 11 is 5.88. The number of benzene rings is 2. The lowest BCUT2D eigenvalue weighted by Crippen LogP contribution is -2.47. The fourth-order valence-electron chi connectivity index (χ4n) is 2.73. The van der Waals surface area contributed by atoms with E-state index in [0.717, 1.165) is 17.8 Å². The van der Waals surface area contributed by atoms with Crippen molar-refractivity contribution in [3.05, 3.63) is 59.4 Å². The Bertz CT molecular complexity index is 1310. The lowest BCUT2D eigenvalue weighted by Gasteiger charge is -2.15. The second-order valence-electron chi connectivity index (χ2n) is 6.35. The van der Waals surface area contributed by atoms with Gasteiger partial charge >= 0.3 is 5.91 Å². The summed E-state index contributed by atoms with van der Waals surface area (Å²) in [5.41, 5.74) is 0.568. The first-order chi connectivity index (χ1) is 14.0. The number of hydroxylamine groups is 2. The van der Waals surface area contributed by atoms with E-state index in [4.69, 9.17) is 23.2 Å². The maximum atomic E-state index is 13.6. The summed E-state index contributed by atoms with van der Waals surface area (Å²) in [6.45, 7) is 0. The van der Waals surface area contributed by atoms with E-state index in [1.54, 1.807) is 6.07 Å². The molecular formula is C19H15ClFN4O4S+. The highest BCUT2D eigenvalue weighted by Gasteiger charge is 2.36. The number of hydrogen-bond acceptors (Lipinski definition) is 5. The van der Waals surface area contributed by atoms with E-state index >= 15 is 0 Å². The lowest BCUT2D eigenvalue weighted by molar-refractivity contribution is -0.149. The molecule has 0 aliphatic rings. The van der Waals surface area contributed by atoms with Gasteiger partial charge in [-0.3, -0.25) is 0 Å². The molecule has 3 N–H and O–H groups in total. The average molecular weight is 450 g/mol. The minimum absolute atomic E-state index is 0.0369. The van der Waals surface area contributed by atoms with Crippen molar-refractivity contribution in [3.63, 3.8) is 0 Å². The van der Waals surface area contributed by atoms with Crippen LogP contribution in [0.1, 0.15) is 0 Å². The largest absolute Gasteiger partial charge is 0.429 e. The standard InChI is InChI=1S/C19H15ClFN4O4S/c1-3-19(26)25(2,27)18-11-16(12-8-9-14(21)13(20)10-12)24(23-18)15-6-4-5-7-17(15)30(22,28)29/h1,4-11,27H,2H3,(H2,22,28,29)/q+1. The summed E-state index contributed by atoms with van der Waals surface area (Å²) in [6.07, 6.45) is 5.12. The van der Waals surface area contributed by atoms with Crippen LogP contribution in [0.2, 0.25) is 5.02 Å². The Morgan fingerprint density at radius 1 is 1.30 bits per heavy atom. The van der Waals surface area contributed by atoms with Gasteiger partial charge < -0.3 is 0 Å². The molecule has 8 nitrogen and oxygen atoms in total. The Hall–Kier alpha value is -3.07. The molecule has 0 spiro atoms. The number of hydrogen-bond donors (Lipinski definition) is 2. The fraction of sp³-hybridized carbons (Fsp3) is 0.0526. The van der Waals surface area contributed by atoms with Crippen molar-refractivity contribution in [1.82, 2.24) is 14.4 Å². The van der Waals surface area contributed by atoms with Crippen LogP contribution in [0, 0.1) is 18.2 Å². The van der Waals surface area contributed by atoms with Gasteiger partial charge in [-0.1, -0.05) is 28.4 Å². The first kappa shape index (κ1) is 21.6. The summed E-state index contributed by atoms with van der Waals surface area (Å²) < 4.78 is 37.5. The molecule has 0 aliphatic heterocycles. The first-order valence-electron chi connectivity index (χ1n) is 8.25. The number of sulfonamides is 1. The normalized spacial score (nSPS) is 13.5. The molecule has 0 aliphatic carbocycles. The zero-order valence-corrected chi connectivity index (χ0v) is 17.0. The SMILES string of the molecule is C#CC(=O)[N+](C)(O)c1cc(-c2ccc(F)c(Cl)c2)n(-c2ccccc2S(N)(=O)=O)n1. The number of primary sulfonamides is 1. The summed E-state index contributed by atoms with van der Waals surface area (Å²) in [6, 6.07) is 10.8. The molecule has 1 aromatic heterocycles. The number of quaternary nitrogens is 1. The van der Waals surface area contributed by atoms with Crippen molar-refractivity contribution in [3.8, 4) is 29.3 Å². The van der Waals surface area contributed by atoms with Crippen molar-refractivity contribution < 1.29 is 22.8 Å². The Kier molecular flexibility index (Phi) is 5.51. The molecule has 0 bridgehead atoms. The molecule has 0 saturated heterocycles. The van der Waals surface area contributed by atoms with Crippen molar-refractivity contribution in [2.75, 3.05) is 7.05 Å². The van der Waals surface area contributed by atoms with E-state index in [1.165, 1.54) is 36.4 Å². The second kappa shape index (κ2) is 7.64. The number of carbonyl (C=O) groups excluding carboxylic acids is 1. The molecule has 1 amide bonds. The minimum atomic E-state index is -4.16. The maximum absolute atomic E-state index is 13.6. The Morgan fingerprint density at radius 3 is 2.57 bits per heavy atom. The van der Waals surface area contributed by atoms with Crippen LogP contribution < -0.4 is 9.79 Å². The van der Waals surface area contributed by atoms with Crippen molar-refractivity contribution in [1.29, 1.82) is 0 Å². The number of halogens is 2. The van der Waals surface area contributed by atoms with Crippen LogP contribution in [0.15, 0.2) is 53.4 Å². The average Bonchev–Trinajstić information content (AvgIpc) is 3.15. The monoisotopic (exact) mass is 449 g/mol. The van der Waals surface area contributed by atoms with Crippen LogP contribution in [-0.4, -0.2) is 36.4 Å². The molecule has 0 radical (unpaired) electrons. The molecule has 1 heterocycles. The van der Waals surface area contributed by atoms with Crippen LogP contribution in [0.4, 0.5) is 10.2 Å². The van der Waals surface area contributed by atoms with E-state index in [2.05, 4.69) is 5.10 Å². The molecule has 11 heteroatoms. The molecule has 3 rings (SSSR count). The number of aromatic nitrogens is 2. The van der Waals surface area contributed by atoms with Crippen molar-refractivity contribution in [2.45, 2.75) is 4.90 Å². The third kappa shape index (κ3) is 3.85. The number of nitrogens with two attached hydrogens (primary N) is 1. The van der Waals surface area contributed by atoms with Gasteiger partial charge in [-0.15, -0.1) is 11.5 Å². The quantitative estimate of drug-likeness (QED) is 0.275. The number of para-hydroxylation sites is 1. The highest BCUT2D eigenvalue weighted by Crippen LogP contribution is 2.33. The number of nitrogens with zero attached hydrogens (tertiary/aromatic N) is 3. The minimum Gasteiger partial charge on any atom is -0.226 e. The lowest BCUT2D eigenvalue weighted by atomic mass is 10.1. The van der Waals surface area contributed by atoms with Gasteiger partial charge in [-0.25, -0.2) is 32.6 Å². The Labute approximate surface area is 176 Å². The van der Waals surface area contributed by atoms with Gasteiger partial charge in [0, 0.05) is 11.5 Å². The molecule has 30 heavy (non-hydrogen) atoms. The van der Waals surface area contributed by atoms with Gasteiger partial charge in [0.05, 0.1) is 22.5 Å². The highest BCUT2D eigenvalue weighted by atomic mass is 35.5. The Balaban J connectivity index is 2.36. The third-order valence-electron chi connectivity index (χ3n) is 4.28. The van der Waals surface area contributed by atoms with E-state index in [0.29, 0.717) is 5.56 Å². The zero-order valence-electron chi connectivity index (χ0n) is 15.5. The topological polar surface area (TPSA) is 115 Å². The number of carbonyl (C=O) groups is 1. The van der Waals surface area contributed by atoms with Crippen LogP contribution in [0.5, 0.6) is 0 Å². The molecule has 0 saturated carbocycles. The number of amides is 1. The molecule has 154 valence electrons. The third-order valence-corrected chi connectivity index (χ3v) is 5.52. The molecule has 1 unspecified atom stereocenters. The summed E-state index contributed by atoms with van der Waals surface area (Å²) in [5, 5.41) is 19.9. The molecular weight excluding hydrogens is 435 g/mol. The van der Waals surface area contributed by atoms with Crippen LogP contribution in [0.25, 0.3) is 16.9 Å². The van der Waals surface area contributed by atoms with Crippen molar-refractivity contribution >= 4 is 33.3 Å². The Morgan fingerprint density at radius 2 is 1.97 bits per heavy atom. The van der Waals surface area contributed by atoms with Gasteiger partial charge in [0.1, 0.15) is 17.8 Å². The smallest absolute Gasteiger partial charge is 0.226 e. The summed E-state index contributed by atoms with van der Waals surface area (Å²) in [5.74, 6) is -0.0748. The molecule has 3 aromatic rings. The number of rotatable bonds is 4. The fourth-order valence-corrected chi connectivity index (χ4v) is 3.62. The first-order valence-corrected chi connectivity index (χ1v) is 10.2. The van der Waals surface area contributed by atoms with Gasteiger partial charge in [0.25, 0.3) is 5.82 Å². The number of terminal acetylenes is 1. The van der Waals surface area contributed by atoms with E-state index in [9.17, 15) is 22.8 Å². The summed E-state index contributed by atoms with van der Waals surface area (Å²) in [7, 11) is -3.06. The molecule has 0 fully saturated rings. The van der Waals surface area contributed by atoms with E-state index in [-0.39, 0.29) is 27.1 Å². The highest BCUT2D eigenvalue weighted by molar-refractivity contribution is 7.89. The predicted octanol–water partition coefficient (Wildman–Crippen LogP) is 2.47. The van der Waals surface area contributed by atoms with E-state index < -0.39 is 26.4 Å². The zero-order chi connectivity index (χ0) is 22.3. The maximum Gasteiger partial charge on any atom is 0.429 e. The summed E-state index contributed by atoms with van der Waals surface area (Å²) in [4.78, 5) is 11.7. The predicted molar refractivity (Wildman–Crippen MR) is 109 cm³/mol. The van der Waals surface area contributed by atoms with Crippen LogP contribution in [0.3, 0.4) is 0 Å². The second-order valence-corrected chi connectivity index (χ2v) is 8.29. The van der Waals surface area contributed by atoms with Gasteiger partial charge in [-0.2, -0.15) is 0 Å².